The van der Waals surface area contributed by atoms with Gasteiger partial charge in [-0.25, -0.2) is 0 Å². The van der Waals surface area contributed by atoms with Gasteiger partial charge in [0.15, 0.2) is 0 Å². The Morgan fingerprint density at radius 2 is 1.48 bits per heavy atom. The zero-order valence-corrected chi connectivity index (χ0v) is 17.5. The standard InChI is InChI=1S/C24H29NO5.3Na.3H/c1-3-30-23(29)24(2,15-16-25-21(26)13-14-22(27)28)17-18-9-11-20(12-10-18)19-7-5-4-6-8-19;;;;;;/h4-12H,3,13-17H2,1-2H3,(H,25,26)(H,27,28);;;;;;/t24-;;;;;;/m0....../s1. The van der Waals surface area contributed by atoms with Crippen molar-refractivity contribution in [3.8, 4) is 11.1 Å². The van der Waals surface area contributed by atoms with Gasteiger partial charge < -0.3 is 15.2 Å². The molecule has 33 heavy (non-hydrogen) atoms. The van der Waals surface area contributed by atoms with Gasteiger partial charge in [0, 0.05) is 13.0 Å². The van der Waals surface area contributed by atoms with Crippen molar-refractivity contribution in [3.63, 3.8) is 0 Å². The van der Waals surface area contributed by atoms with Gasteiger partial charge in [-0.1, -0.05) is 54.6 Å². The molecule has 0 fully saturated rings. The van der Waals surface area contributed by atoms with Crippen LogP contribution in [0.3, 0.4) is 0 Å². The first kappa shape index (κ1) is 35.0. The molecule has 2 aromatic rings. The summed E-state index contributed by atoms with van der Waals surface area (Å²) >= 11 is 0. The Morgan fingerprint density at radius 1 is 0.909 bits per heavy atom. The maximum absolute atomic E-state index is 12.6. The van der Waals surface area contributed by atoms with Crippen molar-refractivity contribution >= 4 is 107 Å². The third kappa shape index (κ3) is 12.4. The number of nitrogens with one attached hydrogen (secondary N) is 1. The summed E-state index contributed by atoms with van der Waals surface area (Å²) in [5.41, 5.74) is 2.43. The predicted octanol–water partition coefficient (Wildman–Crippen LogP) is 1.89. The van der Waals surface area contributed by atoms with Crippen LogP contribution >= 0.6 is 0 Å². The van der Waals surface area contributed by atoms with Crippen LogP contribution in [0.4, 0.5) is 0 Å². The number of aliphatic carboxylic acids is 1. The third-order valence-electron chi connectivity index (χ3n) is 4.99. The fourth-order valence-electron chi connectivity index (χ4n) is 3.25. The second-order valence-electron chi connectivity index (χ2n) is 7.51. The van der Waals surface area contributed by atoms with E-state index in [1.165, 1.54) is 0 Å². The molecule has 0 aliphatic rings. The van der Waals surface area contributed by atoms with E-state index in [1.807, 2.05) is 61.5 Å². The number of carbonyl (C=O) groups excluding carboxylic acids is 2. The molecule has 2 N–H and O–H groups in total. The van der Waals surface area contributed by atoms with Crippen LogP contribution in [0.15, 0.2) is 54.6 Å². The average Bonchev–Trinajstić information content (AvgIpc) is 2.73. The number of esters is 1. The Kier molecular flexibility index (Phi) is 19.3. The predicted molar refractivity (Wildman–Crippen MR) is 136 cm³/mol. The molecule has 166 valence electrons. The molecule has 9 heteroatoms. The van der Waals surface area contributed by atoms with Crippen LogP contribution in [0, 0.1) is 5.41 Å². The molecule has 1 amide bonds. The van der Waals surface area contributed by atoms with Crippen molar-refractivity contribution in [1.29, 1.82) is 0 Å². The first-order valence-electron chi connectivity index (χ1n) is 10.1. The fourth-order valence-corrected chi connectivity index (χ4v) is 3.25. The summed E-state index contributed by atoms with van der Waals surface area (Å²) in [4.78, 5) is 35.0. The molecule has 0 saturated carbocycles. The van der Waals surface area contributed by atoms with Gasteiger partial charge in [-0.3, -0.25) is 14.4 Å². The van der Waals surface area contributed by atoms with Crippen molar-refractivity contribution in [2.75, 3.05) is 13.2 Å². The van der Waals surface area contributed by atoms with Gasteiger partial charge in [-0.2, -0.15) is 0 Å². The molecule has 2 aromatic carbocycles. The molecule has 0 aliphatic heterocycles. The van der Waals surface area contributed by atoms with Gasteiger partial charge in [-0.05, 0) is 43.4 Å². The van der Waals surface area contributed by atoms with E-state index < -0.39 is 11.4 Å². The van der Waals surface area contributed by atoms with Gasteiger partial charge in [0.05, 0.1) is 18.4 Å². The zero-order chi connectivity index (χ0) is 22.0. The monoisotopic (exact) mass is 483 g/mol. The molecular formula is C24H32NNa3O5. The summed E-state index contributed by atoms with van der Waals surface area (Å²) in [5, 5.41) is 11.4. The van der Waals surface area contributed by atoms with E-state index in [-0.39, 0.29) is 127 Å². The van der Waals surface area contributed by atoms with Crippen molar-refractivity contribution < 1.29 is 24.2 Å². The van der Waals surface area contributed by atoms with E-state index in [0.717, 1.165) is 16.7 Å². The number of carbonyl (C=O) groups is 3. The summed E-state index contributed by atoms with van der Waals surface area (Å²) in [6, 6.07) is 18.1. The quantitative estimate of drug-likeness (QED) is 0.376. The summed E-state index contributed by atoms with van der Waals surface area (Å²) in [6.45, 7) is 4.16. The number of benzene rings is 2. The van der Waals surface area contributed by atoms with Crippen LogP contribution in [-0.2, 0) is 25.5 Å². The second-order valence-corrected chi connectivity index (χ2v) is 7.51. The molecular weight excluding hydrogens is 451 g/mol. The molecule has 2 rings (SSSR count). The van der Waals surface area contributed by atoms with Crippen molar-refractivity contribution in [3.05, 3.63) is 60.2 Å². The molecule has 0 radical (unpaired) electrons. The molecule has 0 saturated heterocycles. The Hall–Kier alpha value is -0.150. The van der Waals surface area contributed by atoms with E-state index in [1.54, 1.807) is 6.92 Å². The second kappa shape index (κ2) is 18.2. The molecule has 0 aromatic heterocycles. The van der Waals surface area contributed by atoms with Gasteiger partial charge in [0.1, 0.15) is 0 Å². The summed E-state index contributed by atoms with van der Waals surface area (Å²) in [6.07, 6.45) is 0.581. The molecule has 0 spiro atoms. The first-order chi connectivity index (χ1) is 14.3. The van der Waals surface area contributed by atoms with Crippen LogP contribution < -0.4 is 5.32 Å². The topological polar surface area (TPSA) is 92.7 Å². The number of ether oxygens (including phenoxy) is 1. The van der Waals surface area contributed by atoms with Crippen LogP contribution in [0.25, 0.3) is 11.1 Å². The normalized spacial score (nSPS) is 11.5. The number of hydrogen-bond acceptors (Lipinski definition) is 4. The number of carboxylic acid groups (broad SMARTS) is 1. The molecule has 0 unspecified atom stereocenters. The number of rotatable bonds is 11. The van der Waals surface area contributed by atoms with Crippen LogP contribution in [0.5, 0.6) is 0 Å². The Labute approximate surface area is 262 Å². The number of carboxylic acids is 1. The minimum atomic E-state index is -1.01. The zero-order valence-electron chi connectivity index (χ0n) is 17.5. The number of hydrogen-bond donors (Lipinski definition) is 2. The molecule has 0 aliphatic carbocycles. The minimum absolute atomic E-state index is 0. The Balaban J connectivity index is 0. The van der Waals surface area contributed by atoms with Crippen molar-refractivity contribution in [1.82, 2.24) is 5.32 Å². The Bertz CT molecular complexity index is 862. The molecule has 0 bridgehead atoms. The molecule has 6 nitrogen and oxygen atoms in total. The fraction of sp³-hybridized carbons (Fsp3) is 0.375. The summed E-state index contributed by atoms with van der Waals surface area (Å²) in [5.74, 6) is -1.66. The third-order valence-corrected chi connectivity index (χ3v) is 4.99. The maximum atomic E-state index is 12.6. The van der Waals surface area contributed by atoms with E-state index >= 15 is 0 Å². The summed E-state index contributed by atoms with van der Waals surface area (Å²) in [7, 11) is 0. The van der Waals surface area contributed by atoms with E-state index in [4.69, 9.17) is 9.84 Å². The van der Waals surface area contributed by atoms with Crippen LogP contribution in [0.1, 0.15) is 38.7 Å². The van der Waals surface area contributed by atoms with E-state index in [9.17, 15) is 14.4 Å². The molecule has 1 atom stereocenters. The summed E-state index contributed by atoms with van der Waals surface area (Å²) < 4.78 is 5.28. The first-order valence-corrected chi connectivity index (χ1v) is 10.1. The Morgan fingerprint density at radius 3 is 2.03 bits per heavy atom. The van der Waals surface area contributed by atoms with Crippen LogP contribution in [-0.4, -0.2) is 125 Å². The van der Waals surface area contributed by atoms with E-state index in [2.05, 4.69) is 5.32 Å². The van der Waals surface area contributed by atoms with Crippen molar-refractivity contribution in [2.24, 2.45) is 5.41 Å². The SMILES string of the molecule is CCOC(=O)[C@@](C)(CCNC(=O)CCC(=O)O)Cc1ccc(-c2ccccc2)cc1.[NaH].[NaH].[NaH]. The molecule has 0 heterocycles. The van der Waals surface area contributed by atoms with Gasteiger partial charge >= 0.3 is 101 Å². The average molecular weight is 483 g/mol. The van der Waals surface area contributed by atoms with Gasteiger partial charge in [0.2, 0.25) is 5.91 Å². The number of amides is 1. The van der Waals surface area contributed by atoms with Gasteiger partial charge in [-0.15, -0.1) is 0 Å². The van der Waals surface area contributed by atoms with Crippen LogP contribution in [0.2, 0.25) is 0 Å². The van der Waals surface area contributed by atoms with Gasteiger partial charge in [0.25, 0.3) is 0 Å². The van der Waals surface area contributed by atoms with Crippen molar-refractivity contribution in [2.45, 2.75) is 39.5 Å². The van der Waals surface area contributed by atoms with E-state index in [0.29, 0.717) is 12.8 Å².